The Labute approximate surface area is 157 Å². The molecule has 2 N–H and O–H groups in total. The van der Waals surface area contributed by atoms with E-state index in [1.807, 2.05) is 24.3 Å². The Morgan fingerprint density at radius 3 is 2.85 bits per heavy atom. The molecule has 1 aliphatic rings. The van der Waals surface area contributed by atoms with Gasteiger partial charge in [-0.2, -0.15) is 4.98 Å². The Morgan fingerprint density at radius 1 is 1.22 bits per heavy atom. The summed E-state index contributed by atoms with van der Waals surface area (Å²) in [6, 6.07) is 12.8. The summed E-state index contributed by atoms with van der Waals surface area (Å²) >= 11 is 1.46. The van der Waals surface area contributed by atoms with Crippen molar-refractivity contribution in [1.82, 2.24) is 9.55 Å². The van der Waals surface area contributed by atoms with Gasteiger partial charge in [-0.3, -0.25) is 4.79 Å². The lowest BCUT2D eigenvalue weighted by Crippen LogP contribution is -3.11. The van der Waals surface area contributed by atoms with E-state index >= 15 is 0 Å². The zero-order valence-corrected chi connectivity index (χ0v) is 15.2. The van der Waals surface area contributed by atoms with Gasteiger partial charge in [0.05, 0.1) is 23.0 Å². The number of fused-ring (bicyclic) bond motifs is 2. The normalized spacial score (nSPS) is 15.9. The lowest BCUT2D eigenvalue weighted by molar-refractivity contribution is -0.709. The van der Waals surface area contributed by atoms with Crippen LogP contribution in [0.2, 0.25) is 0 Å². The van der Waals surface area contributed by atoms with E-state index in [9.17, 15) is 9.59 Å². The second-order valence-corrected chi connectivity index (χ2v) is 7.37. The van der Waals surface area contributed by atoms with Gasteiger partial charge in [0.1, 0.15) is 17.0 Å². The number of rotatable bonds is 3. The zero-order chi connectivity index (χ0) is 18.5. The SMILES string of the molecule is Cc1c2c(cc(=O)n1Cc1ccco1)N[NH+](c1nc3ccccc3s1)C2=O. The van der Waals surface area contributed by atoms with Gasteiger partial charge in [-0.15, -0.1) is 5.01 Å². The first-order valence-corrected chi connectivity index (χ1v) is 9.25. The van der Waals surface area contributed by atoms with E-state index < -0.39 is 0 Å². The van der Waals surface area contributed by atoms with Crippen molar-refractivity contribution in [3.8, 4) is 0 Å². The van der Waals surface area contributed by atoms with Crippen molar-refractivity contribution in [1.29, 1.82) is 0 Å². The van der Waals surface area contributed by atoms with E-state index in [0.29, 0.717) is 32.8 Å². The monoisotopic (exact) mass is 379 g/mol. The molecule has 0 saturated heterocycles. The highest BCUT2D eigenvalue weighted by molar-refractivity contribution is 7.21. The molecule has 0 radical (unpaired) electrons. The van der Waals surface area contributed by atoms with Crippen molar-refractivity contribution in [3.05, 3.63) is 76.1 Å². The Balaban J connectivity index is 1.57. The molecule has 1 amide bonds. The molecular formula is C19H15N4O3S+. The van der Waals surface area contributed by atoms with Crippen LogP contribution < -0.4 is 16.0 Å². The number of nitrogens with one attached hydrogen (secondary N) is 2. The quantitative estimate of drug-likeness (QED) is 0.570. The molecule has 4 heterocycles. The van der Waals surface area contributed by atoms with E-state index in [0.717, 1.165) is 10.2 Å². The Bertz CT molecular complexity index is 1210. The topological polar surface area (TPSA) is 81.6 Å². The van der Waals surface area contributed by atoms with Gasteiger partial charge < -0.3 is 8.98 Å². The van der Waals surface area contributed by atoms with Gasteiger partial charge in [-0.05, 0) is 31.2 Å². The number of nitrogens with zero attached hydrogens (tertiary/aromatic N) is 2. The number of amides is 1. The summed E-state index contributed by atoms with van der Waals surface area (Å²) in [4.78, 5) is 30.2. The highest BCUT2D eigenvalue weighted by Crippen LogP contribution is 2.26. The molecule has 1 aromatic carbocycles. The van der Waals surface area contributed by atoms with Crippen LogP contribution >= 0.6 is 11.3 Å². The van der Waals surface area contributed by atoms with Gasteiger partial charge in [0, 0.05) is 11.8 Å². The first kappa shape index (κ1) is 16.0. The van der Waals surface area contributed by atoms with Crippen LogP contribution in [0.15, 0.2) is 57.9 Å². The van der Waals surface area contributed by atoms with Crippen molar-refractivity contribution in [2.45, 2.75) is 13.5 Å². The number of pyridine rings is 1. The van der Waals surface area contributed by atoms with Crippen LogP contribution in [0.1, 0.15) is 21.8 Å². The van der Waals surface area contributed by atoms with Gasteiger partial charge in [0.25, 0.3) is 5.56 Å². The minimum Gasteiger partial charge on any atom is -0.467 e. The summed E-state index contributed by atoms with van der Waals surface area (Å²) in [5.74, 6) is 0.517. The fraction of sp³-hybridized carbons (Fsp3) is 0.105. The van der Waals surface area contributed by atoms with E-state index in [1.165, 1.54) is 17.4 Å². The summed E-state index contributed by atoms with van der Waals surface area (Å²) < 4.78 is 7.91. The molecule has 134 valence electrons. The number of carbonyl (C=O) groups is 1. The molecule has 3 aromatic heterocycles. The highest BCUT2D eigenvalue weighted by Gasteiger charge is 2.39. The van der Waals surface area contributed by atoms with Gasteiger partial charge in [-0.25, -0.2) is 10.2 Å². The predicted octanol–water partition coefficient (Wildman–Crippen LogP) is 2.11. The first-order chi connectivity index (χ1) is 13.1. The van der Waals surface area contributed by atoms with E-state index in [2.05, 4.69) is 10.4 Å². The molecule has 1 atom stereocenters. The number of anilines is 1. The van der Waals surface area contributed by atoms with Crippen LogP contribution in [0.25, 0.3) is 10.2 Å². The molecule has 1 unspecified atom stereocenters. The maximum Gasteiger partial charge on any atom is 0.379 e. The van der Waals surface area contributed by atoms with Gasteiger partial charge in [0.2, 0.25) is 0 Å². The number of furan rings is 1. The molecular weight excluding hydrogens is 364 g/mol. The predicted molar refractivity (Wildman–Crippen MR) is 101 cm³/mol. The third kappa shape index (κ3) is 2.49. The number of carbonyl (C=O) groups excluding carboxylic acids is 1. The Hall–Kier alpha value is -3.23. The van der Waals surface area contributed by atoms with Gasteiger partial charge >= 0.3 is 11.0 Å². The molecule has 8 heteroatoms. The minimum atomic E-state index is -0.187. The Morgan fingerprint density at radius 2 is 2.07 bits per heavy atom. The van der Waals surface area contributed by atoms with Crippen molar-refractivity contribution >= 4 is 38.3 Å². The highest BCUT2D eigenvalue weighted by atomic mass is 32.1. The van der Waals surface area contributed by atoms with Crippen molar-refractivity contribution in [2.24, 2.45) is 0 Å². The van der Waals surface area contributed by atoms with E-state index in [-0.39, 0.29) is 18.0 Å². The molecule has 0 fully saturated rings. The fourth-order valence-electron chi connectivity index (χ4n) is 3.35. The van der Waals surface area contributed by atoms with Crippen LogP contribution in [0.5, 0.6) is 0 Å². The molecule has 0 spiro atoms. The number of hydrogen-bond donors (Lipinski definition) is 2. The van der Waals surface area contributed by atoms with Crippen LogP contribution in [-0.2, 0) is 6.54 Å². The molecule has 0 saturated carbocycles. The average molecular weight is 379 g/mol. The summed E-state index contributed by atoms with van der Waals surface area (Å²) in [5.41, 5.74) is 5.43. The number of aromatic nitrogens is 2. The second kappa shape index (κ2) is 5.90. The first-order valence-electron chi connectivity index (χ1n) is 8.43. The number of quaternary nitrogens is 1. The van der Waals surface area contributed by atoms with Gasteiger partial charge in [0.15, 0.2) is 0 Å². The maximum atomic E-state index is 13.1. The summed E-state index contributed by atoms with van der Waals surface area (Å²) in [5, 5.41) is 1.05. The molecule has 7 nitrogen and oxygen atoms in total. The molecule has 1 aliphatic heterocycles. The van der Waals surface area contributed by atoms with Crippen LogP contribution in [0, 0.1) is 6.92 Å². The van der Waals surface area contributed by atoms with E-state index in [4.69, 9.17) is 4.42 Å². The molecule has 4 aromatic rings. The number of benzene rings is 1. The number of para-hydroxylation sites is 1. The molecule has 27 heavy (non-hydrogen) atoms. The summed E-state index contributed by atoms with van der Waals surface area (Å²) in [7, 11) is 0. The minimum absolute atomic E-state index is 0.144. The largest absolute Gasteiger partial charge is 0.467 e. The number of hydrogen-bond acceptors (Lipinski definition) is 6. The van der Waals surface area contributed by atoms with Crippen LogP contribution in [-0.4, -0.2) is 15.5 Å². The van der Waals surface area contributed by atoms with E-state index in [1.54, 1.807) is 29.9 Å². The number of thiazole rings is 1. The fourth-order valence-corrected chi connectivity index (χ4v) is 4.32. The summed E-state index contributed by atoms with van der Waals surface area (Å²) in [6.45, 7) is 2.07. The van der Waals surface area contributed by atoms with Crippen LogP contribution in [0.4, 0.5) is 10.8 Å². The average Bonchev–Trinajstić information content (AvgIpc) is 3.37. The molecule has 0 bridgehead atoms. The van der Waals surface area contributed by atoms with Crippen molar-refractivity contribution in [2.75, 3.05) is 5.43 Å². The third-order valence-electron chi connectivity index (χ3n) is 4.69. The smallest absolute Gasteiger partial charge is 0.379 e. The van der Waals surface area contributed by atoms with Crippen LogP contribution in [0.3, 0.4) is 0 Å². The summed E-state index contributed by atoms with van der Waals surface area (Å²) in [6.07, 6.45) is 1.56. The second-order valence-electron chi connectivity index (χ2n) is 6.34. The lowest BCUT2D eigenvalue weighted by atomic mass is 10.1. The zero-order valence-electron chi connectivity index (χ0n) is 14.4. The molecule has 5 rings (SSSR count). The third-order valence-corrected chi connectivity index (χ3v) is 5.74. The van der Waals surface area contributed by atoms with Crippen molar-refractivity contribution < 1.29 is 14.2 Å². The lowest BCUT2D eigenvalue weighted by Gasteiger charge is -2.09. The van der Waals surface area contributed by atoms with Crippen molar-refractivity contribution in [3.63, 3.8) is 0 Å². The maximum absolute atomic E-state index is 13.1. The standard InChI is InChI=1S/C19H14N4O3S/c1-11-17-14(9-16(24)22(11)10-12-5-4-8-26-12)21-23(18(17)25)19-20-13-6-2-3-7-15(13)27-19/h2-9,21H,10H2,1H3/p+1. The Kier molecular flexibility index (Phi) is 3.49. The molecule has 0 aliphatic carbocycles. The van der Waals surface area contributed by atoms with Gasteiger partial charge in [-0.1, -0.05) is 23.5 Å².